The fraction of sp³-hybridized carbons (Fsp3) is 0.841. The molecule has 0 saturated heterocycles. The van der Waals surface area contributed by atoms with E-state index in [1.165, 1.54) is 0 Å². The summed E-state index contributed by atoms with van der Waals surface area (Å²) in [5.74, 6) is 4.53. The van der Waals surface area contributed by atoms with E-state index in [2.05, 4.69) is 151 Å². The molecule has 1 rings (SSSR count). The quantitative estimate of drug-likeness (QED) is 0.0333. The number of aliphatic hydroxyl groups excluding tert-OH is 1. The summed E-state index contributed by atoms with van der Waals surface area (Å²) in [4.78, 5) is 73.5. The average Bonchev–Trinajstić information content (AvgIpc) is 3.48. The zero-order chi connectivity index (χ0) is 66.0. The minimum absolute atomic E-state index is 0.0165. The normalized spacial score (nSPS) is 13.6. The van der Waals surface area contributed by atoms with Crippen LogP contribution in [-0.4, -0.2) is 95.5 Å². The molecule has 7 atom stereocenters. The van der Waals surface area contributed by atoms with Crippen molar-refractivity contribution in [1.29, 1.82) is 0 Å². The molecular weight excluding hydrogens is 1060 g/mol. The molecule has 1 aromatic rings. The Morgan fingerprint density at radius 2 is 0.952 bits per heavy atom. The molecule has 0 spiro atoms. The smallest absolute Gasteiger partial charge is 0.223 e. The zero-order valence-corrected chi connectivity index (χ0v) is 58.1. The van der Waals surface area contributed by atoms with Crippen molar-refractivity contribution in [3.8, 4) is 0 Å². The lowest BCUT2D eigenvalue weighted by atomic mass is 9.78. The van der Waals surface area contributed by atoms with Gasteiger partial charge in [-0.3, -0.25) is 33.3 Å². The lowest BCUT2D eigenvalue weighted by Gasteiger charge is -2.27. The van der Waals surface area contributed by atoms with Crippen molar-refractivity contribution < 1.29 is 43.4 Å². The first kappa shape index (κ1) is 88.9. The molecule has 1 aromatic heterocycles. The topological polar surface area (TPSA) is 230 Å². The summed E-state index contributed by atoms with van der Waals surface area (Å²) in [5, 5.41) is 29.4. The number of rotatable bonds is 37. The minimum atomic E-state index is -0.830. The summed E-state index contributed by atoms with van der Waals surface area (Å²) >= 11 is 0. The first-order valence-corrected chi connectivity index (χ1v) is 33.0. The van der Waals surface area contributed by atoms with Crippen LogP contribution in [0.4, 0.5) is 4.39 Å². The van der Waals surface area contributed by atoms with E-state index in [0.717, 1.165) is 89.2 Å². The Kier molecular flexibility index (Phi) is 59.0. The average molecular weight is 1200 g/mol. The second-order valence-corrected chi connectivity index (χ2v) is 25.5. The summed E-state index contributed by atoms with van der Waals surface area (Å²) in [7, 11) is 0. The van der Waals surface area contributed by atoms with E-state index in [0.29, 0.717) is 98.7 Å². The van der Waals surface area contributed by atoms with Gasteiger partial charge in [0.1, 0.15) is 11.6 Å². The molecule has 0 radical (unpaired) electrons. The van der Waals surface area contributed by atoms with Gasteiger partial charge < -0.3 is 42.0 Å². The number of unbranched alkanes of at least 4 members (excludes halogenated alkanes) is 1. The largest absolute Gasteiger partial charge is 0.395 e. The number of ketones is 2. The van der Waals surface area contributed by atoms with Crippen molar-refractivity contribution in [3.05, 3.63) is 30.1 Å². The molecule has 14 nitrogen and oxygen atoms in total. The second kappa shape index (κ2) is 55.7. The molecule has 0 bridgehead atoms. The van der Waals surface area contributed by atoms with Gasteiger partial charge in [-0.1, -0.05) is 183 Å². The zero-order valence-electron chi connectivity index (χ0n) is 58.1. The third kappa shape index (κ3) is 48.3. The second-order valence-electron chi connectivity index (χ2n) is 25.5. The van der Waals surface area contributed by atoms with E-state index in [1.54, 1.807) is 27.0 Å². The van der Waals surface area contributed by atoms with Gasteiger partial charge in [0.2, 0.25) is 23.6 Å². The highest BCUT2D eigenvalue weighted by Crippen LogP contribution is 2.30. The van der Waals surface area contributed by atoms with Crippen LogP contribution in [0.2, 0.25) is 0 Å². The minimum Gasteiger partial charge on any atom is -0.395 e. The Labute approximate surface area is 515 Å². The van der Waals surface area contributed by atoms with Crippen LogP contribution in [0.25, 0.3) is 0 Å². The highest BCUT2D eigenvalue weighted by Gasteiger charge is 2.27. The summed E-state index contributed by atoms with van der Waals surface area (Å²) in [5.41, 5.74) is 5.38. The third-order valence-corrected chi connectivity index (χ3v) is 15.0. The molecule has 0 aliphatic heterocycles. The highest BCUT2D eigenvalue weighted by molar-refractivity contribution is 5.81. The number of nitrogens with two attached hydrogens (primary N) is 1. The molecule has 15 heteroatoms. The fourth-order valence-electron chi connectivity index (χ4n) is 9.88. The van der Waals surface area contributed by atoms with Gasteiger partial charge in [-0.25, -0.2) is 0 Å². The van der Waals surface area contributed by atoms with Gasteiger partial charge in [-0.15, -0.1) is 0 Å². The SMILES string of the molecule is CCCC(C(=O)CC)C(C)C.CCCC(C(=O)NCC(C)(C)O)C(C)C.CCCC(C(=O)NCCN)C(C)C.CCCC(C(=O)NCCO)C(C)C.CCCC(C(=O)NCc1ccccn1)C(C)C.CCCCC(C(C)C)C(CF)CC(C)=O. The summed E-state index contributed by atoms with van der Waals surface area (Å²) in [6.45, 7) is 46.6. The molecular formula is C69H135FN6O8. The number of aliphatic hydroxyl groups is 2. The van der Waals surface area contributed by atoms with Gasteiger partial charge >= 0.3 is 0 Å². The maximum Gasteiger partial charge on any atom is 0.223 e. The maximum absolute atomic E-state index is 12.9. The van der Waals surface area contributed by atoms with E-state index < -0.39 is 5.60 Å². The Morgan fingerprint density at radius 3 is 1.25 bits per heavy atom. The summed E-state index contributed by atoms with van der Waals surface area (Å²) in [6, 6.07) is 5.73. The van der Waals surface area contributed by atoms with Crippen LogP contribution < -0.4 is 27.0 Å². The lowest BCUT2D eigenvalue weighted by molar-refractivity contribution is -0.128. The molecule has 4 amide bonds. The summed E-state index contributed by atoms with van der Waals surface area (Å²) in [6.07, 6.45) is 16.2. The van der Waals surface area contributed by atoms with Gasteiger partial charge in [-0.2, -0.15) is 0 Å². The fourth-order valence-corrected chi connectivity index (χ4v) is 9.88. The molecule has 0 aliphatic carbocycles. The lowest BCUT2D eigenvalue weighted by Crippen LogP contribution is -2.42. The number of hydrogen-bond donors (Lipinski definition) is 7. The number of hydrogen-bond acceptors (Lipinski definition) is 10. The molecule has 84 heavy (non-hydrogen) atoms. The number of carbonyl (C=O) groups is 6. The third-order valence-electron chi connectivity index (χ3n) is 15.0. The van der Waals surface area contributed by atoms with Gasteiger partial charge in [-0.05, 0) is 119 Å². The predicted octanol–water partition coefficient (Wildman–Crippen LogP) is 14.1. The van der Waals surface area contributed by atoms with Crippen molar-refractivity contribution in [2.75, 3.05) is 39.5 Å². The Hall–Kier alpha value is -3.82. The molecule has 0 aliphatic rings. The molecule has 0 fully saturated rings. The van der Waals surface area contributed by atoms with Crippen molar-refractivity contribution in [3.63, 3.8) is 0 Å². The van der Waals surface area contributed by atoms with E-state index in [4.69, 9.17) is 10.8 Å². The maximum atomic E-state index is 12.9. The van der Waals surface area contributed by atoms with E-state index in [-0.39, 0.29) is 72.3 Å². The van der Waals surface area contributed by atoms with Crippen LogP contribution in [0.1, 0.15) is 254 Å². The van der Waals surface area contributed by atoms with Crippen LogP contribution in [0.15, 0.2) is 24.4 Å². The molecule has 0 aromatic carbocycles. The molecule has 496 valence electrons. The number of carbonyl (C=O) groups excluding carboxylic acids is 6. The first-order chi connectivity index (χ1) is 39.3. The van der Waals surface area contributed by atoms with E-state index in [1.807, 2.05) is 25.1 Å². The highest BCUT2D eigenvalue weighted by atomic mass is 19.1. The van der Waals surface area contributed by atoms with Crippen molar-refractivity contribution in [2.45, 2.75) is 261 Å². The molecule has 0 saturated carbocycles. The van der Waals surface area contributed by atoms with Crippen molar-refractivity contribution in [2.24, 2.45) is 82.7 Å². The number of amides is 4. The van der Waals surface area contributed by atoms with Gasteiger partial charge in [0.25, 0.3) is 0 Å². The van der Waals surface area contributed by atoms with E-state index >= 15 is 0 Å². The van der Waals surface area contributed by atoms with Crippen LogP contribution >= 0.6 is 0 Å². The van der Waals surface area contributed by atoms with Gasteiger partial charge in [0.05, 0.1) is 31.1 Å². The van der Waals surface area contributed by atoms with Crippen LogP contribution in [0.3, 0.4) is 0 Å². The number of pyridine rings is 1. The van der Waals surface area contributed by atoms with Crippen LogP contribution in [0, 0.1) is 76.9 Å². The van der Waals surface area contributed by atoms with Crippen LogP contribution in [-0.2, 0) is 35.3 Å². The van der Waals surface area contributed by atoms with E-state index in [9.17, 15) is 38.3 Å². The molecule has 7 unspecified atom stereocenters. The number of nitrogens with zero attached hydrogens (tertiary/aromatic N) is 1. The number of Topliss-reactive ketones (excluding diaryl/α,β-unsaturated/α-hetero) is 2. The Bertz CT molecular complexity index is 1720. The standard InChI is InChI=1S/C14H22N2O.C13H25FO.C12H25NO2.C10H22N2O.C10H21NO2.C10H20O/c1-4-7-13(11(2)3)14(17)16-10-12-8-5-6-9-15-12;1-5-6-7-13(10(2)3)12(9-14)8-11(4)15;1-6-7-10(9(2)3)11(14)13-8-12(4,5)15;1-4-5-9(8(2)3)10(13)12-7-6-11;1-4-5-9(8(2)3)10(13)11-6-7-12;1-5-7-9(8(3)4)10(11)6-2/h5-6,8-9,11,13H,4,7,10H2,1-3H3,(H,16,17);10,12-13H,5-9H2,1-4H3;9-10,15H,6-8H2,1-5H3,(H,13,14);8-9H,4-7,11H2,1-3H3,(H,12,13);8-9,12H,4-7H2,1-3H3,(H,11,13);8-9H,5-7H2,1-4H3. The molecule has 8 N–H and O–H groups in total. The first-order valence-electron chi connectivity index (χ1n) is 33.0. The number of aromatic nitrogens is 1. The number of halogens is 1. The monoisotopic (exact) mass is 1200 g/mol. The number of alkyl halides is 1. The molecule has 1 heterocycles. The Balaban J connectivity index is -0.000000299. The van der Waals surface area contributed by atoms with Crippen molar-refractivity contribution >= 4 is 35.2 Å². The van der Waals surface area contributed by atoms with Crippen LogP contribution in [0.5, 0.6) is 0 Å². The summed E-state index contributed by atoms with van der Waals surface area (Å²) < 4.78 is 12.9. The Morgan fingerprint density at radius 1 is 0.560 bits per heavy atom. The predicted molar refractivity (Wildman–Crippen MR) is 352 cm³/mol. The number of nitrogens with one attached hydrogen (secondary N) is 4. The van der Waals surface area contributed by atoms with Crippen molar-refractivity contribution in [1.82, 2.24) is 26.3 Å². The van der Waals surface area contributed by atoms with Gasteiger partial charge in [0.15, 0.2) is 0 Å². The van der Waals surface area contributed by atoms with Gasteiger partial charge in [0, 0.05) is 74.8 Å².